The Kier molecular flexibility index (Phi) is 9.80. The fourth-order valence-corrected chi connectivity index (χ4v) is 5.12. The van der Waals surface area contributed by atoms with Gasteiger partial charge in [-0.25, -0.2) is 0 Å². The molecule has 1 unspecified atom stereocenters. The molecule has 0 saturated carbocycles. The zero-order chi connectivity index (χ0) is 28.6. The molecule has 0 radical (unpaired) electrons. The molecule has 1 fully saturated rings. The van der Waals surface area contributed by atoms with Gasteiger partial charge in [-0.3, -0.25) is 9.69 Å². The molecule has 0 N–H and O–H groups in total. The second kappa shape index (κ2) is 13.9. The standard InChI is InChI=1S/C32H35ClN2O6/c1-37-26-10-7-23(8-11-26)22-41-32-21-34(16-18-40-32)15-17-39-30-20-28-25(19-29(30)38-2)13-14-35(28)31(36)12-9-24-5-3-4-6-27(24)33/h3-12,19-20,32H,13-18,21-22H2,1-2H3/b12-9+. The Morgan fingerprint density at radius 3 is 2.66 bits per heavy atom. The molecule has 8 nitrogen and oxygen atoms in total. The van der Waals surface area contributed by atoms with E-state index in [1.54, 1.807) is 37.3 Å². The minimum absolute atomic E-state index is 0.103. The minimum atomic E-state index is -0.307. The van der Waals surface area contributed by atoms with Gasteiger partial charge in [0.2, 0.25) is 0 Å². The van der Waals surface area contributed by atoms with Crippen LogP contribution >= 0.6 is 11.6 Å². The molecule has 0 bridgehead atoms. The molecule has 1 atom stereocenters. The van der Waals surface area contributed by atoms with Crippen LogP contribution in [0.5, 0.6) is 17.2 Å². The van der Waals surface area contributed by atoms with Crippen LogP contribution in [0.4, 0.5) is 5.69 Å². The van der Waals surface area contributed by atoms with E-state index in [0.717, 1.165) is 41.1 Å². The van der Waals surface area contributed by atoms with Crippen LogP contribution in [0.1, 0.15) is 16.7 Å². The molecule has 2 aliphatic rings. The van der Waals surface area contributed by atoms with Gasteiger partial charge in [0.05, 0.1) is 33.1 Å². The first kappa shape index (κ1) is 29.0. The van der Waals surface area contributed by atoms with E-state index in [2.05, 4.69) is 4.90 Å². The summed E-state index contributed by atoms with van der Waals surface area (Å²) >= 11 is 6.24. The topological polar surface area (TPSA) is 69.7 Å². The average Bonchev–Trinajstić information content (AvgIpc) is 3.42. The highest BCUT2D eigenvalue weighted by atomic mass is 35.5. The van der Waals surface area contributed by atoms with Gasteiger partial charge in [-0.1, -0.05) is 41.9 Å². The third-order valence-corrected chi connectivity index (χ3v) is 7.56. The van der Waals surface area contributed by atoms with Gasteiger partial charge in [0.25, 0.3) is 5.91 Å². The van der Waals surface area contributed by atoms with Crippen molar-refractivity contribution in [3.8, 4) is 17.2 Å². The Hall–Kier alpha value is -3.56. The number of amides is 1. The fourth-order valence-electron chi connectivity index (χ4n) is 4.93. The number of methoxy groups -OCH3 is 2. The third kappa shape index (κ3) is 7.40. The van der Waals surface area contributed by atoms with Crippen LogP contribution < -0.4 is 19.1 Å². The van der Waals surface area contributed by atoms with Gasteiger partial charge in [0, 0.05) is 43.3 Å². The molecule has 3 aromatic carbocycles. The lowest BCUT2D eigenvalue weighted by Crippen LogP contribution is -2.45. The Morgan fingerprint density at radius 1 is 1.05 bits per heavy atom. The van der Waals surface area contributed by atoms with Gasteiger partial charge in [-0.2, -0.15) is 0 Å². The highest BCUT2D eigenvalue weighted by Crippen LogP contribution is 2.39. The molecule has 2 heterocycles. The Labute approximate surface area is 246 Å². The second-order valence-corrected chi connectivity index (χ2v) is 10.2. The number of hydrogen-bond donors (Lipinski definition) is 0. The lowest BCUT2D eigenvalue weighted by Gasteiger charge is -2.32. The van der Waals surface area contributed by atoms with Gasteiger partial charge < -0.3 is 28.6 Å². The van der Waals surface area contributed by atoms with Crippen molar-refractivity contribution in [3.63, 3.8) is 0 Å². The zero-order valence-corrected chi connectivity index (χ0v) is 24.1. The molecule has 1 saturated heterocycles. The third-order valence-electron chi connectivity index (χ3n) is 7.22. The molecule has 1 amide bonds. The first-order chi connectivity index (χ1) is 20.0. The average molecular weight is 579 g/mol. The summed E-state index contributed by atoms with van der Waals surface area (Å²) in [5, 5.41) is 0.606. The van der Waals surface area contributed by atoms with E-state index in [4.69, 9.17) is 35.3 Å². The van der Waals surface area contributed by atoms with E-state index in [1.165, 1.54) is 0 Å². The number of carbonyl (C=O) groups is 1. The van der Waals surface area contributed by atoms with Gasteiger partial charge in [-0.05, 0) is 53.5 Å². The summed E-state index contributed by atoms with van der Waals surface area (Å²) in [4.78, 5) is 17.1. The van der Waals surface area contributed by atoms with E-state index in [0.29, 0.717) is 56.0 Å². The number of rotatable bonds is 11. The molecule has 9 heteroatoms. The van der Waals surface area contributed by atoms with Gasteiger partial charge in [-0.15, -0.1) is 0 Å². The highest BCUT2D eigenvalue weighted by molar-refractivity contribution is 6.32. The second-order valence-electron chi connectivity index (χ2n) is 9.83. The number of fused-ring (bicyclic) bond motifs is 1. The van der Waals surface area contributed by atoms with Gasteiger partial charge in [0.1, 0.15) is 12.4 Å². The first-order valence-corrected chi connectivity index (χ1v) is 14.1. The van der Waals surface area contributed by atoms with E-state index in [1.807, 2.05) is 54.6 Å². The Balaban J connectivity index is 1.15. The van der Waals surface area contributed by atoms with Crippen LogP contribution in [-0.2, 0) is 27.3 Å². The number of carbonyl (C=O) groups excluding carboxylic acids is 1. The minimum Gasteiger partial charge on any atom is -0.497 e. The number of anilines is 1. The summed E-state index contributed by atoms with van der Waals surface area (Å²) in [7, 11) is 3.28. The van der Waals surface area contributed by atoms with Crippen LogP contribution in [0.3, 0.4) is 0 Å². The van der Waals surface area contributed by atoms with E-state index < -0.39 is 0 Å². The van der Waals surface area contributed by atoms with Crippen LogP contribution in [0.15, 0.2) is 66.7 Å². The maximum atomic E-state index is 13.1. The smallest absolute Gasteiger partial charge is 0.251 e. The van der Waals surface area contributed by atoms with Crippen molar-refractivity contribution in [2.75, 3.05) is 58.5 Å². The summed E-state index contributed by atoms with van der Waals surface area (Å²) in [6.45, 7) is 4.27. The van der Waals surface area contributed by atoms with Gasteiger partial charge in [0.15, 0.2) is 17.8 Å². The molecular weight excluding hydrogens is 544 g/mol. The maximum absolute atomic E-state index is 13.1. The summed E-state index contributed by atoms with van der Waals surface area (Å²) in [6, 6.07) is 19.1. The molecule has 0 aromatic heterocycles. The lowest BCUT2D eigenvalue weighted by molar-refractivity contribution is -0.185. The SMILES string of the molecule is COc1ccc(COC2CN(CCOc3cc4c(cc3OC)CCN4C(=O)/C=C/c3ccccc3Cl)CCO2)cc1. The van der Waals surface area contributed by atoms with E-state index in [-0.39, 0.29) is 12.2 Å². The quantitative estimate of drug-likeness (QED) is 0.289. The van der Waals surface area contributed by atoms with Gasteiger partial charge >= 0.3 is 0 Å². The molecular formula is C32H35ClN2O6. The van der Waals surface area contributed by atoms with Crippen LogP contribution in [0.2, 0.25) is 5.02 Å². The Morgan fingerprint density at radius 2 is 1.88 bits per heavy atom. The van der Waals surface area contributed by atoms with Crippen molar-refractivity contribution < 1.29 is 28.5 Å². The molecule has 0 spiro atoms. The van der Waals surface area contributed by atoms with Crippen molar-refractivity contribution in [1.29, 1.82) is 0 Å². The lowest BCUT2D eigenvalue weighted by atomic mass is 10.1. The maximum Gasteiger partial charge on any atom is 0.251 e. The summed E-state index contributed by atoms with van der Waals surface area (Å²) in [5.41, 5.74) is 3.76. The largest absolute Gasteiger partial charge is 0.497 e. The number of halogens is 1. The number of hydrogen-bond acceptors (Lipinski definition) is 7. The van der Waals surface area contributed by atoms with E-state index in [9.17, 15) is 4.79 Å². The number of morpholine rings is 1. The summed E-state index contributed by atoms with van der Waals surface area (Å²) in [6.07, 6.45) is 3.76. The van der Waals surface area contributed by atoms with Crippen molar-refractivity contribution in [1.82, 2.24) is 4.90 Å². The van der Waals surface area contributed by atoms with Crippen LogP contribution in [0, 0.1) is 0 Å². The molecule has 0 aliphatic carbocycles. The molecule has 5 rings (SSSR count). The zero-order valence-electron chi connectivity index (χ0n) is 23.4. The fraction of sp³-hybridized carbons (Fsp3) is 0.344. The molecule has 3 aromatic rings. The summed E-state index contributed by atoms with van der Waals surface area (Å²) < 4.78 is 28.8. The van der Waals surface area contributed by atoms with Crippen molar-refractivity contribution in [3.05, 3.63) is 88.5 Å². The molecule has 216 valence electrons. The monoisotopic (exact) mass is 578 g/mol. The van der Waals surface area contributed by atoms with Crippen LogP contribution in [-0.4, -0.2) is 70.7 Å². The van der Waals surface area contributed by atoms with Crippen LogP contribution in [0.25, 0.3) is 6.08 Å². The number of ether oxygens (including phenoxy) is 5. The van der Waals surface area contributed by atoms with E-state index >= 15 is 0 Å². The normalized spacial score (nSPS) is 17.0. The predicted molar refractivity (Wildman–Crippen MR) is 159 cm³/mol. The highest BCUT2D eigenvalue weighted by Gasteiger charge is 2.26. The number of nitrogens with zero attached hydrogens (tertiary/aromatic N) is 2. The molecule has 2 aliphatic heterocycles. The first-order valence-electron chi connectivity index (χ1n) is 13.7. The number of benzene rings is 3. The Bertz CT molecular complexity index is 1360. The molecule has 41 heavy (non-hydrogen) atoms. The predicted octanol–water partition coefficient (Wildman–Crippen LogP) is 5.21. The summed E-state index contributed by atoms with van der Waals surface area (Å²) in [5.74, 6) is 1.99. The van der Waals surface area contributed by atoms with Crippen molar-refractivity contribution >= 4 is 29.3 Å². The van der Waals surface area contributed by atoms with Crippen molar-refractivity contribution in [2.24, 2.45) is 0 Å². The van der Waals surface area contributed by atoms with Crippen molar-refractivity contribution in [2.45, 2.75) is 19.3 Å².